The van der Waals surface area contributed by atoms with Crippen molar-refractivity contribution in [3.8, 4) is 6.07 Å². The molecule has 2 bridgehead atoms. The molecule has 0 N–H and O–H groups in total. The van der Waals surface area contributed by atoms with E-state index in [1.165, 1.54) is 6.20 Å². The van der Waals surface area contributed by atoms with Gasteiger partial charge in [0.15, 0.2) is 0 Å². The maximum atomic E-state index is 8.78. The molecular formula is C10H11BLiN3O3. The summed E-state index contributed by atoms with van der Waals surface area (Å²) in [4.78, 5) is 7.90. The molecule has 3 aliphatic rings. The first kappa shape index (κ1) is 13.5. The second-order valence-electron chi connectivity index (χ2n) is 4.80. The van der Waals surface area contributed by atoms with Gasteiger partial charge in [-0.1, -0.05) is 13.0 Å². The van der Waals surface area contributed by atoms with Crippen LogP contribution in [0.4, 0.5) is 0 Å². The first-order valence-corrected chi connectivity index (χ1v) is 5.45. The topological polar surface area (TPSA) is 77.3 Å². The van der Waals surface area contributed by atoms with Crippen LogP contribution in [0.1, 0.15) is 12.7 Å². The summed E-state index contributed by atoms with van der Waals surface area (Å²) in [7, 11) is 0. The average molecular weight is 239 g/mol. The van der Waals surface area contributed by atoms with Gasteiger partial charge in [-0.15, -0.1) is 0 Å². The molecule has 6 nitrogen and oxygen atoms in total. The van der Waals surface area contributed by atoms with Gasteiger partial charge in [0.1, 0.15) is 6.07 Å². The van der Waals surface area contributed by atoms with E-state index in [4.69, 9.17) is 19.2 Å². The standard InChI is InChI=1S/C10H11BN3O3.Li/c1-10-5-15-11(16-6-10,17-7-10)8-2-3-13-9(4-12)14-8;/h2-3H,5-7H2,1H3;/q-1;+1. The van der Waals surface area contributed by atoms with Crippen molar-refractivity contribution in [3.63, 3.8) is 0 Å². The smallest absolute Gasteiger partial charge is 0.539 e. The number of nitrogens with zero attached hydrogens (tertiary/aromatic N) is 3. The van der Waals surface area contributed by atoms with Crippen molar-refractivity contribution in [3.05, 3.63) is 18.1 Å². The molecule has 3 fully saturated rings. The molecule has 0 saturated carbocycles. The van der Waals surface area contributed by atoms with Crippen LogP contribution in [-0.2, 0) is 14.0 Å². The van der Waals surface area contributed by atoms with Crippen LogP contribution in [0, 0.1) is 16.7 Å². The third kappa shape index (κ3) is 2.07. The summed E-state index contributed by atoms with van der Waals surface area (Å²) in [6, 6.07) is 3.55. The predicted molar refractivity (Wildman–Crippen MR) is 58.1 cm³/mol. The molecule has 0 atom stereocenters. The van der Waals surface area contributed by atoms with E-state index in [-0.39, 0.29) is 30.1 Å². The molecule has 1 aromatic heterocycles. The van der Waals surface area contributed by atoms with E-state index in [9.17, 15) is 0 Å². The third-order valence-corrected chi connectivity index (χ3v) is 3.09. The molecule has 4 rings (SSSR count). The fourth-order valence-corrected chi connectivity index (χ4v) is 2.08. The number of rotatable bonds is 1. The zero-order valence-corrected chi connectivity index (χ0v) is 10.4. The molecule has 4 heterocycles. The van der Waals surface area contributed by atoms with Crippen LogP contribution in [0.25, 0.3) is 0 Å². The second kappa shape index (κ2) is 4.66. The van der Waals surface area contributed by atoms with Gasteiger partial charge in [-0.25, -0.2) is 4.98 Å². The normalized spacial score (nSPS) is 33.6. The molecule has 8 heteroatoms. The number of hydrogen-bond donors (Lipinski definition) is 0. The maximum Gasteiger partial charge on any atom is 1.00 e. The van der Waals surface area contributed by atoms with E-state index in [0.29, 0.717) is 25.4 Å². The monoisotopic (exact) mass is 239 g/mol. The van der Waals surface area contributed by atoms with Crippen molar-refractivity contribution in [1.29, 1.82) is 5.26 Å². The Bertz CT molecular complexity index is 483. The number of fused-ring (bicyclic) bond motifs is 3. The minimum absolute atomic E-state index is 0. The van der Waals surface area contributed by atoms with Crippen LogP contribution in [0.5, 0.6) is 0 Å². The van der Waals surface area contributed by atoms with E-state index < -0.39 is 6.75 Å². The fourth-order valence-electron chi connectivity index (χ4n) is 2.08. The first-order valence-electron chi connectivity index (χ1n) is 5.45. The maximum absolute atomic E-state index is 8.78. The SMILES string of the molecule is CC12CO[B-](c3ccnc(C#N)n3)(OC1)OC2.[Li+]. The Hall–Kier alpha value is -0.888. The molecule has 0 spiro atoms. The van der Waals surface area contributed by atoms with E-state index in [0.717, 1.165) is 0 Å². The molecule has 18 heavy (non-hydrogen) atoms. The van der Waals surface area contributed by atoms with E-state index in [1.807, 2.05) is 13.0 Å². The van der Waals surface area contributed by atoms with Crippen LogP contribution >= 0.6 is 0 Å². The summed E-state index contributed by atoms with van der Waals surface area (Å²) in [5, 5.41) is 8.78. The van der Waals surface area contributed by atoms with E-state index >= 15 is 0 Å². The minimum atomic E-state index is -1.98. The summed E-state index contributed by atoms with van der Waals surface area (Å²) in [6.45, 7) is 1.81. The van der Waals surface area contributed by atoms with Crippen LogP contribution in [-0.4, -0.2) is 36.5 Å². The van der Waals surface area contributed by atoms with Gasteiger partial charge in [-0.3, -0.25) is 4.98 Å². The Morgan fingerprint density at radius 1 is 1.33 bits per heavy atom. The molecule has 0 unspecified atom stereocenters. The summed E-state index contributed by atoms with van der Waals surface area (Å²) >= 11 is 0. The summed E-state index contributed by atoms with van der Waals surface area (Å²) in [5.74, 6) is 0.0912. The van der Waals surface area contributed by atoms with Gasteiger partial charge in [0, 0.05) is 31.4 Å². The van der Waals surface area contributed by atoms with Gasteiger partial charge in [0.05, 0.1) is 0 Å². The van der Waals surface area contributed by atoms with Gasteiger partial charge < -0.3 is 14.0 Å². The van der Waals surface area contributed by atoms with Crippen molar-refractivity contribution in [2.75, 3.05) is 19.8 Å². The Balaban J connectivity index is 0.00000120. The van der Waals surface area contributed by atoms with Crippen molar-refractivity contribution in [2.24, 2.45) is 5.41 Å². The number of aromatic nitrogens is 2. The Morgan fingerprint density at radius 2 is 1.94 bits per heavy atom. The molecule has 88 valence electrons. The summed E-state index contributed by atoms with van der Waals surface area (Å²) in [5.41, 5.74) is 0.424. The third-order valence-electron chi connectivity index (χ3n) is 3.09. The number of nitriles is 1. The predicted octanol–water partition coefficient (Wildman–Crippen LogP) is -3.42. The second-order valence-corrected chi connectivity index (χ2v) is 4.80. The summed E-state index contributed by atoms with van der Waals surface area (Å²) < 4.78 is 17.0. The van der Waals surface area contributed by atoms with Gasteiger partial charge in [0.25, 0.3) is 0 Å². The van der Waals surface area contributed by atoms with Crippen LogP contribution in [0.15, 0.2) is 12.3 Å². The van der Waals surface area contributed by atoms with Crippen molar-refractivity contribution in [1.82, 2.24) is 9.97 Å². The molecule has 3 aliphatic heterocycles. The molecule has 1 aromatic rings. The zero-order valence-electron chi connectivity index (χ0n) is 10.4. The van der Waals surface area contributed by atoms with Gasteiger partial charge in [-0.2, -0.15) is 5.26 Å². The molecule has 0 amide bonds. The van der Waals surface area contributed by atoms with Crippen molar-refractivity contribution < 1.29 is 32.8 Å². The van der Waals surface area contributed by atoms with E-state index in [2.05, 4.69) is 9.97 Å². The molecule has 0 aliphatic carbocycles. The van der Waals surface area contributed by atoms with E-state index in [1.54, 1.807) is 6.07 Å². The Morgan fingerprint density at radius 3 is 2.50 bits per heavy atom. The minimum Gasteiger partial charge on any atom is -0.539 e. The van der Waals surface area contributed by atoms with Gasteiger partial charge >= 0.3 is 25.6 Å². The quantitative estimate of drug-likeness (QED) is 0.475. The first-order chi connectivity index (χ1) is 8.16. The van der Waals surface area contributed by atoms with Crippen LogP contribution < -0.4 is 24.5 Å². The Kier molecular flexibility index (Phi) is 3.50. The Labute approximate surface area is 117 Å². The van der Waals surface area contributed by atoms with Gasteiger partial charge in [-0.05, 0) is 5.59 Å². The largest absolute Gasteiger partial charge is 1.00 e. The van der Waals surface area contributed by atoms with Crippen molar-refractivity contribution in [2.45, 2.75) is 6.92 Å². The van der Waals surface area contributed by atoms with Crippen LogP contribution in [0.3, 0.4) is 0 Å². The molecular weight excluding hydrogens is 228 g/mol. The zero-order chi connectivity index (χ0) is 11.9. The molecule has 3 saturated heterocycles. The molecule has 0 aromatic carbocycles. The fraction of sp³-hybridized carbons (Fsp3) is 0.500. The number of hydrogen-bond acceptors (Lipinski definition) is 6. The van der Waals surface area contributed by atoms with Crippen molar-refractivity contribution >= 4 is 12.3 Å². The summed E-state index contributed by atoms with van der Waals surface area (Å²) in [6.07, 6.45) is 1.51. The molecule has 0 radical (unpaired) electrons. The van der Waals surface area contributed by atoms with Gasteiger partial charge in [0.2, 0.25) is 5.82 Å². The van der Waals surface area contributed by atoms with Crippen LogP contribution in [0.2, 0.25) is 0 Å². The average Bonchev–Trinajstić information content (AvgIpc) is 2.40.